The first kappa shape index (κ1) is 25.5. The molecule has 1 aliphatic rings. The average Bonchev–Trinajstić information content (AvgIpc) is 3.09. The number of allylic oxidation sites excluding steroid dienone is 4. The Balaban J connectivity index is 1.84. The van der Waals surface area contributed by atoms with Gasteiger partial charge in [-0.15, -0.1) is 0 Å². The number of benzene rings is 1. The molecule has 34 heavy (non-hydrogen) atoms. The zero-order valence-corrected chi connectivity index (χ0v) is 19.6. The summed E-state index contributed by atoms with van der Waals surface area (Å²) in [5, 5.41) is 33.1. The number of nitrogens with two attached hydrogens (primary N) is 1. The van der Waals surface area contributed by atoms with Gasteiger partial charge in [0, 0.05) is 12.5 Å². The van der Waals surface area contributed by atoms with Crippen molar-refractivity contribution in [3.8, 4) is 5.75 Å². The van der Waals surface area contributed by atoms with Crippen molar-refractivity contribution in [1.82, 2.24) is 9.97 Å². The molecule has 4 atom stereocenters. The van der Waals surface area contributed by atoms with E-state index >= 15 is 0 Å². The Labute approximate surface area is 203 Å². The van der Waals surface area contributed by atoms with Crippen molar-refractivity contribution in [3.05, 3.63) is 77.2 Å². The van der Waals surface area contributed by atoms with Crippen molar-refractivity contribution in [2.75, 3.05) is 17.7 Å². The van der Waals surface area contributed by atoms with Crippen molar-refractivity contribution in [1.29, 1.82) is 0 Å². The molecule has 1 fully saturated rings. The first-order valence-corrected chi connectivity index (χ1v) is 11.2. The van der Waals surface area contributed by atoms with E-state index in [0.29, 0.717) is 29.3 Å². The summed E-state index contributed by atoms with van der Waals surface area (Å²) in [6.45, 7) is 5.31. The molecular formula is C25H29ClN4O4. The van der Waals surface area contributed by atoms with Gasteiger partial charge in [0.1, 0.15) is 28.6 Å². The van der Waals surface area contributed by atoms with E-state index in [9.17, 15) is 15.3 Å². The largest absolute Gasteiger partial charge is 0.458 e. The number of anilines is 2. The second-order valence-corrected chi connectivity index (χ2v) is 8.20. The van der Waals surface area contributed by atoms with E-state index in [1.165, 1.54) is 0 Å². The van der Waals surface area contributed by atoms with E-state index in [-0.39, 0.29) is 17.7 Å². The van der Waals surface area contributed by atoms with Crippen LogP contribution in [0, 0.1) is 5.92 Å². The molecule has 0 unspecified atom stereocenters. The molecule has 2 aromatic rings. The van der Waals surface area contributed by atoms with Gasteiger partial charge in [0.2, 0.25) is 5.95 Å². The molecular weight excluding hydrogens is 456 g/mol. The Bertz CT molecular complexity index is 1100. The molecule has 1 aromatic carbocycles. The minimum Gasteiger partial charge on any atom is -0.458 e. The first-order valence-electron chi connectivity index (χ1n) is 10.8. The molecule has 1 heterocycles. The second kappa shape index (κ2) is 11.8. The summed E-state index contributed by atoms with van der Waals surface area (Å²) < 4.78 is 5.89. The highest BCUT2D eigenvalue weighted by molar-refractivity contribution is 6.31. The highest BCUT2D eigenvalue weighted by Gasteiger charge is 2.41. The van der Waals surface area contributed by atoms with Crippen molar-refractivity contribution < 1.29 is 20.1 Å². The molecule has 0 amide bonds. The SMILES string of the molecule is C=C/C=C\C(=C/C)Oc1cccc(/C=C/c2c(Cl)nc(N)nc2N[C@@H]2C[C@H](CO)[C@@H](O)[C@H]2O)c1. The Morgan fingerprint density at radius 1 is 1.29 bits per heavy atom. The van der Waals surface area contributed by atoms with Gasteiger partial charge in [-0.3, -0.25) is 0 Å². The molecule has 9 heteroatoms. The number of aromatic nitrogens is 2. The van der Waals surface area contributed by atoms with E-state index in [4.69, 9.17) is 22.1 Å². The van der Waals surface area contributed by atoms with Gasteiger partial charge in [0.05, 0.1) is 17.7 Å². The molecule has 6 N–H and O–H groups in total. The third-order valence-electron chi connectivity index (χ3n) is 5.49. The van der Waals surface area contributed by atoms with Gasteiger partial charge < -0.3 is 31.1 Å². The monoisotopic (exact) mass is 484 g/mol. The molecule has 1 saturated carbocycles. The Kier molecular flexibility index (Phi) is 8.84. The number of aliphatic hydroxyl groups excluding tert-OH is 3. The number of hydrogen-bond acceptors (Lipinski definition) is 8. The molecule has 1 aliphatic carbocycles. The van der Waals surface area contributed by atoms with Crippen LogP contribution in [0.25, 0.3) is 12.2 Å². The highest BCUT2D eigenvalue weighted by Crippen LogP contribution is 2.32. The van der Waals surface area contributed by atoms with Crippen molar-refractivity contribution in [2.45, 2.75) is 31.6 Å². The van der Waals surface area contributed by atoms with Crippen LogP contribution in [-0.4, -0.2) is 50.1 Å². The molecule has 0 bridgehead atoms. The molecule has 0 radical (unpaired) electrons. The van der Waals surface area contributed by atoms with Crippen LogP contribution >= 0.6 is 11.6 Å². The van der Waals surface area contributed by atoms with Crippen LogP contribution in [0.3, 0.4) is 0 Å². The summed E-state index contributed by atoms with van der Waals surface area (Å²) in [4.78, 5) is 8.26. The maximum atomic E-state index is 10.4. The minimum absolute atomic E-state index is 0.0294. The number of nitrogens with one attached hydrogen (secondary N) is 1. The van der Waals surface area contributed by atoms with Crippen LogP contribution in [0.1, 0.15) is 24.5 Å². The predicted octanol–water partition coefficient (Wildman–Crippen LogP) is 3.42. The lowest BCUT2D eigenvalue weighted by atomic mass is 10.1. The zero-order valence-electron chi connectivity index (χ0n) is 18.8. The van der Waals surface area contributed by atoms with Crippen LogP contribution < -0.4 is 15.8 Å². The highest BCUT2D eigenvalue weighted by atomic mass is 35.5. The summed E-state index contributed by atoms with van der Waals surface area (Å²) in [5.41, 5.74) is 7.10. The lowest BCUT2D eigenvalue weighted by Gasteiger charge is -2.20. The number of hydrogen-bond donors (Lipinski definition) is 5. The van der Waals surface area contributed by atoms with Crippen LogP contribution in [0.15, 0.2) is 60.9 Å². The number of nitrogen functional groups attached to an aromatic ring is 1. The van der Waals surface area contributed by atoms with Crippen molar-refractivity contribution >= 4 is 35.5 Å². The fraction of sp³-hybridized carbons (Fsp3) is 0.280. The topological polar surface area (TPSA) is 134 Å². The lowest BCUT2D eigenvalue weighted by molar-refractivity contribution is 0.00445. The van der Waals surface area contributed by atoms with Gasteiger partial charge in [-0.25, -0.2) is 4.98 Å². The molecule has 180 valence electrons. The Morgan fingerprint density at radius 2 is 2.09 bits per heavy atom. The molecule has 3 rings (SSSR count). The van der Waals surface area contributed by atoms with Crippen LogP contribution in [-0.2, 0) is 0 Å². The normalized spacial score (nSPS) is 23.0. The van der Waals surface area contributed by atoms with Gasteiger partial charge in [0.15, 0.2) is 0 Å². The fourth-order valence-electron chi connectivity index (χ4n) is 3.69. The van der Waals surface area contributed by atoms with E-state index < -0.39 is 24.2 Å². The third-order valence-corrected chi connectivity index (χ3v) is 5.78. The standard InChI is InChI=1S/C25H29ClN4O4/c1-3-5-8-17(4-2)34-18-9-6-7-15(12-18)10-11-19-23(26)29-25(27)30-24(19)28-20-13-16(14-31)21(32)22(20)33/h3-12,16,20-22,31-33H,1,13-14H2,2H3,(H3,27,28,29,30)/b8-5-,11-10+,17-4+/t16-,20-,21-,22+/m1/s1. The fourth-order valence-corrected chi connectivity index (χ4v) is 3.93. The summed E-state index contributed by atoms with van der Waals surface area (Å²) >= 11 is 6.35. The number of aliphatic hydroxyl groups is 3. The first-order chi connectivity index (χ1) is 16.4. The van der Waals surface area contributed by atoms with Crippen molar-refractivity contribution in [3.63, 3.8) is 0 Å². The minimum atomic E-state index is -1.08. The smallest absolute Gasteiger partial charge is 0.223 e. The molecule has 0 spiro atoms. The molecule has 0 saturated heterocycles. The van der Waals surface area contributed by atoms with E-state index in [0.717, 1.165) is 5.56 Å². The Morgan fingerprint density at radius 3 is 2.76 bits per heavy atom. The van der Waals surface area contributed by atoms with E-state index in [1.807, 2.05) is 49.4 Å². The maximum Gasteiger partial charge on any atom is 0.223 e. The third kappa shape index (κ3) is 6.24. The van der Waals surface area contributed by atoms with Gasteiger partial charge in [-0.1, -0.05) is 48.5 Å². The average molecular weight is 485 g/mol. The van der Waals surface area contributed by atoms with Crippen LogP contribution in [0.4, 0.5) is 11.8 Å². The summed E-state index contributed by atoms with van der Waals surface area (Å²) in [6, 6.07) is 6.94. The van der Waals surface area contributed by atoms with Gasteiger partial charge >= 0.3 is 0 Å². The summed E-state index contributed by atoms with van der Waals surface area (Å²) in [7, 11) is 0. The summed E-state index contributed by atoms with van der Waals surface area (Å²) in [6.07, 6.45) is 8.93. The summed E-state index contributed by atoms with van der Waals surface area (Å²) in [5.74, 6) is 1.19. The number of halogens is 1. The van der Waals surface area contributed by atoms with Crippen LogP contribution in [0.5, 0.6) is 5.75 Å². The predicted molar refractivity (Wildman–Crippen MR) is 135 cm³/mol. The van der Waals surface area contributed by atoms with Gasteiger partial charge in [-0.2, -0.15) is 4.98 Å². The van der Waals surface area contributed by atoms with Crippen molar-refractivity contribution in [2.24, 2.45) is 5.92 Å². The lowest BCUT2D eigenvalue weighted by Crippen LogP contribution is -2.35. The zero-order chi connectivity index (χ0) is 24.7. The number of rotatable bonds is 9. The quantitative estimate of drug-likeness (QED) is 0.208. The van der Waals surface area contributed by atoms with Gasteiger partial charge in [-0.05, 0) is 49.3 Å². The molecule has 1 aromatic heterocycles. The van der Waals surface area contributed by atoms with Gasteiger partial charge in [0.25, 0.3) is 0 Å². The number of nitrogens with zero attached hydrogens (tertiary/aromatic N) is 2. The molecule has 8 nitrogen and oxygen atoms in total. The Hall–Kier alpha value is -3.17. The van der Waals surface area contributed by atoms with E-state index in [2.05, 4.69) is 21.9 Å². The molecule has 0 aliphatic heterocycles. The maximum absolute atomic E-state index is 10.4. The van der Waals surface area contributed by atoms with Crippen LogP contribution in [0.2, 0.25) is 5.15 Å². The van der Waals surface area contributed by atoms with E-state index in [1.54, 1.807) is 18.2 Å². The second-order valence-electron chi connectivity index (χ2n) is 7.84. The number of ether oxygens (including phenoxy) is 1.